The topological polar surface area (TPSA) is 80.9 Å². The van der Waals surface area contributed by atoms with Crippen molar-refractivity contribution in [2.45, 2.75) is 6.10 Å². The molecule has 0 bridgehead atoms. The van der Waals surface area contributed by atoms with Gasteiger partial charge in [-0.1, -0.05) is 23.2 Å². The molecular weight excluding hydrogens is 405 g/mol. The van der Waals surface area contributed by atoms with E-state index in [0.29, 0.717) is 27.2 Å². The van der Waals surface area contributed by atoms with E-state index in [4.69, 9.17) is 37.1 Å². The van der Waals surface area contributed by atoms with Crippen molar-refractivity contribution in [1.29, 1.82) is 0 Å². The highest BCUT2D eigenvalue weighted by Gasteiger charge is 2.11. The van der Waals surface area contributed by atoms with Crippen molar-refractivity contribution in [3.63, 3.8) is 0 Å². The summed E-state index contributed by atoms with van der Waals surface area (Å²) < 4.78 is 16.0. The Morgan fingerprint density at radius 1 is 1.07 bits per heavy atom. The molecule has 8 heteroatoms. The van der Waals surface area contributed by atoms with Crippen LogP contribution in [0.1, 0.15) is 10.6 Å². The van der Waals surface area contributed by atoms with Gasteiger partial charge in [0, 0.05) is 16.8 Å². The number of amides is 1. The van der Waals surface area contributed by atoms with Gasteiger partial charge in [-0.05, 0) is 48.5 Å². The zero-order valence-electron chi connectivity index (χ0n) is 14.6. The third-order valence-corrected chi connectivity index (χ3v) is 4.17. The van der Waals surface area contributed by atoms with Crippen molar-refractivity contribution >= 4 is 34.8 Å². The van der Waals surface area contributed by atoms with Gasteiger partial charge in [-0.2, -0.15) is 0 Å². The van der Waals surface area contributed by atoms with E-state index >= 15 is 0 Å². The highest BCUT2D eigenvalue weighted by molar-refractivity contribution is 6.34. The highest BCUT2D eigenvalue weighted by Crippen LogP contribution is 2.27. The summed E-state index contributed by atoms with van der Waals surface area (Å²) >= 11 is 11.9. The first-order valence-electron chi connectivity index (χ1n) is 8.35. The second-order valence-corrected chi connectivity index (χ2v) is 6.65. The molecule has 1 atom stereocenters. The van der Waals surface area contributed by atoms with Crippen LogP contribution in [0.4, 0.5) is 5.69 Å². The number of benzene rings is 2. The molecular formula is C20H17Cl2NO5. The summed E-state index contributed by atoms with van der Waals surface area (Å²) in [5.74, 6) is 0.815. The molecule has 0 unspecified atom stereocenters. The molecule has 2 N–H and O–H groups in total. The molecule has 28 heavy (non-hydrogen) atoms. The number of hydrogen-bond donors (Lipinski definition) is 2. The van der Waals surface area contributed by atoms with E-state index in [0.717, 1.165) is 0 Å². The molecule has 0 aliphatic carbocycles. The number of ether oxygens (including phenoxy) is 2. The van der Waals surface area contributed by atoms with Crippen LogP contribution in [0.2, 0.25) is 10.0 Å². The van der Waals surface area contributed by atoms with E-state index in [1.807, 2.05) is 0 Å². The predicted molar refractivity (Wildman–Crippen MR) is 107 cm³/mol. The molecule has 0 fully saturated rings. The third-order valence-electron chi connectivity index (χ3n) is 3.62. The van der Waals surface area contributed by atoms with Crippen LogP contribution in [0, 0.1) is 0 Å². The fourth-order valence-electron chi connectivity index (χ4n) is 2.25. The molecule has 6 nitrogen and oxygen atoms in total. The predicted octanol–water partition coefficient (Wildman–Crippen LogP) is 4.66. The molecule has 1 aromatic heterocycles. The number of carbonyl (C=O) groups is 1. The van der Waals surface area contributed by atoms with E-state index in [9.17, 15) is 9.90 Å². The minimum absolute atomic E-state index is 0.00263. The van der Waals surface area contributed by atoms with Crippen LogP contribution in [-0.2, 0) is 0 Å². The van der Waals surface area contributed by atoms with Crippen LogP contribution in [0.5, 0.6) is 11.5 Å². The van der Waals surface area contributed by atoms with Gasteiger partial charge < -0.3 is 24.3 Å². The molecule has 0 radical (unpaired) electrons. The number of anilines is 1. The zero-order chi connectivity index (χ0) is 19.9. The van der Waals surface area contributed by atoms with Gasteiger partial charge in [-0.3, -0.25) is 4.79 Å². The Bertz CT molecular complexity index is 913. The van der Waals surface area contributed by atoms with Gasteiger partial charge in [0.15, 0.2) is 5.76 Å². The number of aliphatic hydroxyl groups is 1. The lowest BCUT2D eigenvalue weighted by molar-refractivity contribution is 0.0627. The number of aliphatic hydroxyl groups excluding tert-OH is 1. The Morgan fingerprint density at radius 3 is 2.54 bits per heavy atom. The molecule has 3 rings (SSSR count). The van der Waals surface area contributed by atoms with Gasteiger partial charge in [0.2, 0.25) is 0 Å². The van der Waals surface area contributed by atoms with Crippen LogP contribution < -0.4 is 14.8 Å². The summed E-state index contributed by atoms with van der Waals surface area (Å²) in [7, 11) is 0. The SMILES string of the molecule is O=C(Nc1ccc(OC[C@H](O)COc2cc(Cl)ccc2Cl)cc1)c1ccco1. The van der Waals surface area contributed by atoms with E-state index in [2.05, 4.69) is 5.32 Å². The molecule has 0 spiro atoms. The summed E-state index contributed by atoms with van der Waals surface area (Å²) in [6, 6.07) is 14.8. The minimum Gasteiger partial charge on any atom is -0.491 e. The molecule has 0 saturated heterocycles. The Balaban J connectivity index is 1.45. The maximum absolute atomic E-state index is 11.9. The van der Waals surface area contributed by atoms with E-state index in [-0.39, 0.29) is 24.9 Å². The summed E-state index contributed by atoms with van der Waals surface area (Å²) in [6.07, 6.45) is 0.565. The number of furan rings is 1. The molecule has 0 aliphatic rings. The second kappa shape index (κ2) is 9.50. The number of halogens is 2. The molecule has 0 saturated carbocycles. The summed E-state index contributed by atoms with van der Waals surface area (Å²) in [6.45, 7) is 0.0215. The summed E-state index contributed by atoms with van der Waals surface area (Å²) in [4.78, 5) is 11.9. The molecule has 1 heterocycles. The smallest absolute Gasteiger partial charge is 0.291 e. The Kier molecular flexibility index (Phi) is 6.81. The van der Waals surface area contributed by atoms with Gasteiger partial charge in [-0.25, -0.2) is 0 Å². The van der Waals surface area contributed by atoms with Gasteiger partial charge in [-0.15, -0.1) is 0 Å². The fourth-order valence-corrected chi connectivity index (χ4v) is 2.58. The number of rotatable bonds is 8. The number of nitrogens with one attached hydrogen (secondary N) is 1. The molecule has 3 aromatic rings. The Hall–Kier alpha value is -2.67. The van der Waals surface area contributed by atoms with E-state index in [1.165, 1.54) is 6.26 Å². The first-order valence-corrected chi connectivity index (χ1v) is 9.10. The van der Waals surface area contributed by atoms with Crippen LogP contribution in [-0.4, -0.2) is 30.3 Å². The molecule has 2 aromatic carbocycles. The van der Waals surface area contributed by atoms with Gasteiger partial charge in [0.25, 0.3) is 5.91 Å². The Morgan fingerprint density at radius 2 is 1.82 bits per heavy atom. The quantitative estimate of drug-likeness (QED) is 0.552. The largest absolute Gasteiger partial charge is 0.491 e. The number of carbonyl (C=O) groups excluding carboxylic acids is 1. The second-order valence-electron chi connectivity index (χ2n) is 5.81. The average molecular weight is 422 g/mol. The number of hydrogen-bond acceptors (Lipinski definition) is 5. The van der Waals surface area contributed by atoms with Crippen molar-refractivity contribution < 1.29 is 23.8 Å². The monoisotopic (exact) mass is 421 g/mol. The average Bonchev–Trinajstić information content (AvgIpc) is 3.23. The van der Waals surface area contributed by atoms with Crippen LogP contribution >= 0.6 is 23.2 Å². The van der Waals surface area contributed by atoms with Gasteiger partial charge >= 0.3 is 0 Å². The highest BCUT2D eigenvalue weighted by atomic mass is 35.5. The lowest BCUT2D eigenvalue weighted by atomic mass is 10.3. The summed E-state index contributed by atoms with van der Waals surface area (Å²) in [5, 5.41) is 13.6. The van der Waals surface area contributed by atoms with E-state index < -0.39 is 6.10 Å². The van der Waals surface area contributed by atoms with Crippen LogP contribution in [0.15, 0.2) is 65.3 Å². The van der Waals surface area contributed by atoms with Gasteiger partial charge in [0.1, 0.15) is 30.8 Å². The van der Waals surface area contributed by atoms with Crippen molar-refractivity contribution in [3.8, 4) is 11.5 Å². The Labute approximate surface area is 171 Å². The standard InChI is InChI=1S/C20H17Cl2NO5/c21-13-3-8-17(22)19(10-13)28-12-15(24)11-27-16-6-4-14(5-7-16)23-20(25)18-2-1-9-26-18/h1-10,15,24H,11-12H2,(H,23,25)/t15-/m0/s1. The summed E-state index contributed by atoms with van der Waals surface area (Å²) in [5.41, 5.74) is 0.591. The first-order chi connectivity index (χ1) is 13.5. The molecule has 146 valence electrons. The maximum Gasteiger partial charge on any atom is 0.291 e. The lowest BCUT2D eigenvalue weighted by Gasteiger charge is -2.14. The van der Waals surface area contributed by atoms with Gasteiger partial charge in [0.05, 0.1) is 11.3 Å². The van der Waals surface area contributed by atoms with Crippen LogP contribution in [0.3, 0.4) is 0 Å². The van der Waals surface area contributed by atoms with Crippen molar-refractivity contribution in [2.75, 3.05) is 18.5 Å². The maximum atomic E-state index is 11.9. The third kappa shape index (κ3) is 5.66. The minimum atomic E-state index is -0.867. The lowest BCUT2D eigenvalue weighted by Crippen LogP contribution is -2.25. The fraction of sp³-hybridized carbons (Fsp3) is 0.150. The molecule has 1 amide bonds. The van der Waals surface area contributed by atoms with Crippen molar-refractivity contribution in [1.82, 2.24) is 0 Å². The van der Waals surface area contributed by atoms with Crippen molar-refractivity contribution in [2.24, 2.45) is 0 Å². The van der Waals surface area contributed by atoms with Crippen LogP contribution in [0.25, 0.3) is 0 Å². The first kappa shape index (κ1) is 20.1. The van der Waals surface area contributed by atoms with E-state index in [1.54, 1.807) is 54.6 Å². The van der Waals surface area contributed by atoms with Crippen molar-refractivity contribution in [3.05, 3.63) is 76.7 Å². The normalized spacial score (nSPS) is 11.7. The molecule has 0 aliphatic heterocycles. The zero-order valence-corrected chi connectivity index (χ0v) is 16.1.